The molecular weight excluding hydrogens is 338 g/mol. The van der Waals surface area contributed by atoms with Crippen molar-refractivity contribution < 1.29 is 4.74 Å². The van der Waals surface area contributed by atoms with E-state index in [2.05, 4.69) is 26.0 Å². The van der Waals surface area contributed by atoms with Crippen LogP contribution in [-0.2, 0) is 10.3 Å². The lowest BCUT2D eigenvalue weighted by atomic mass is 9.66. The average molecular weight is 350 g/mol. The number of hydrogen-bond donors (Lipinski definition) is 0. The molecule has 1 nitrogen and oxygen atoms in total. The molecule has 1 aromatic carbocycles. The zero-order valence-corrected chi connectivity index (χ0v) is 14.2. The van der Waals surface area contributed by atoms with Gasteiger partial charge in [0.15, 0.2) is 0 Å². The molecule has 20 heavy (non-hydrogen) atoms. The second-order valence-corrected chi connectivity index (χ2v) is 6.76. The number of methoxy groups -OCH3 is 1. The zero-order chi connectivity index (χ0) is 14.8. The van der Waals surface area contributed by atoms with E-state index < -0.39 is 5.60 Å². The molecule has 0 spiro atoms. The Labute approximate surface area is 138 Å². The zero-order valence-electron chi connectivity index (χ0n) is 11.2. The maximum atomic E-state index is 6.45. The molecule has 1 aromatic rings. The Hall–Kier alpha value is -0.180. The average Bonchev–Trinajstić information content (AvgIpc) is 2.41. The summed E-state index contributed by atoms with van der Waals surface area (Å²) in [4.78, 5) is 0. The van der Waals surface area contributed by atoms with Crippen molar-refractivity contribution in [3.8, 4) is 0 Å². The predicted molar refractivity (Wildman–Crippen MR) is 85.4 cm³/mol. The number of halogens is 4. The minimum Gasteiger partial charge on any atom is -0.365 e. The third-order valence-corrected chi connectivity index (χ3v) is 5.93. The van der Waals surface area contributed by atoms with Crippen molar-refractivity contribution in [2.24, 2.45) is 0 Å². The fraction of sp³-hybridized carbons (Fsp3) is 0.333. The number of benzene rings is 1. The molecule has 4 rings (SSSR count). The predicted octanol–water partition coefficient (Wildman–Crippen LogP) is 6.15. The van der Waals surface area contributed by atoms with Gasteiger partial charge >= 0.3 is 0 Å². The van der Waals surface area contributed by atoms with Crippen molar-refractivity contribution in [1.82, 2.24) is 0 Å². The highest BCUT2D eigenvalue weighted by Crippen LogP contribution is 2.58. The van der Waals surface area contributed by atoms with Crippen molar-refractivity contribution in [2.45, 2.75) is 25.4 Å². The van der Waals surface area contributed by atoms with Crippen molar-refractivity contribution >= 4 is 46.4 Å². The molecule has 0 saturated heterocycles. The SMILES string of the molecule is COC12C=C(C)C(C(C)=C1)c1c(Cl)c(Cl)c(Cl)c(Cl)c12. The molecule has 3 aliphatic carbocycles. The second-order valence-electron chi connectivity index (χ2n) is 5.25. The van der Waals surface area contributed by atoms with Crippen LogP contribution in [0.3, 0.4) is 0 Å². The molecule has 0 aliphatic heterocycles. The van der Waals surface area contributed by atoms with Crippen molar-refractivity contribution in [2.75, 3.05) is 7.11 Å². The Bertz CT molecular complexity index is 668. The van der Waals surface area contributed by atoms with Crippen LogP contribution in [0.15, 0.2) is 23.3 Å². The van der Waals surface area contributed by atoms with Gasteiger partial charge in [-0.1, -0.05) is 57.5 Å². The lowest BCUT2D eigenvalue weighted by Crippen LogP contribution is -2.36. The fourth-order valence-corrected chi connectivity index (χ4v) is 4.49. The second kappa shape index (κ2) is 4.66. The number of rotatable bonds is 1. The van der Waals surface area contributed by atoms with Crippen LogP contribution in [0.2, 0.25) is 20.1 Å². The molecular formula is C15H12Cl4O. The molecule has 2 bridgehead atoms. The Kier molecular flexibility index (Phi) is 3.43. The van der Waals surface area contributed by atoms with E-state index in [0.717, 1.165) is 11.1 Å². The molecule has 0 N–H and O–H groups in total. The maximum absolute atomic E-state index is 6.45. The van der Waals surface area contributed by atoms with Crippen LogP contribution in [-0.4, -0.2) is 7.11 Å². The third kappa shape index (κ3) is 1.68. The highest BCUT2D eigenvalue weighted by Gasteiger charge is 2.46. The largest absolute Gasteiger partial charge is 0.365 e. The van der Waals surface area contributed by atoms with Crippen molar-refractivity contribution in [3.05, 3.63) is 54.5 Å². The van der Waals surface area contributed by atoms with E-state index in [9.17, 15) is 0 Å². The van der Waals surface area contributed by atoms with Gasteiger partial charge in [-0.05, 0) is 31.6 Å². The van der Waals surface area contributed by atoms with Gasteiger partial charge in [0.1, 0.15) is 5.60 Å². The summed E-state index contributed by atoms with van der Waals surface area (Å²) in [5.74, 6) is 0.0850. The molecule has 0 amide bonds. The summed E-state index contributed by atoms with van der Waals surface area (Å²) in [6, 6.07) is 0. The molecule has 0 aromatic heterocycles. The molecule has 0 saturated carbocycles. The smallest absolute Gasteiger partial charge is 0.131 e. The van der Waals surface area contributed by atoms with Gasteiger partial charge in [0.2, 0.25) is 0 Å². The van der Waals surface area contributed by atoms with Gasteiger partial charge in [-0.3, -0.25) is 0 Å². The summed E-state index contributed by atoms with van der Waals surface area (Å²) >= 11 is 25.3. The monoisotopic (exact) mass is 348 g/mol. The Balaban J connectivity index is 2.47. The Morgan fingerprint density at radius 1 is 0.900 bits per heavy atom. The quantitative estimate of drug-likeness (QED) is 0.336. The molecule has 0 radical (unpaired) electrons. The fourth-order valence-electron chi connectivity index (χ4n) is 3.37. The lowest BCUT2D eigenvalue weighted by molar-refractivity contribution is 0.0643. The Morgan fingerprint density at radius 2 is 1.40 bits per heavy atom. The lowest BCUT2D eigenvalue weighted by Gasteiger charge is -2.44. The number of ether oxygens (including phenoxy) is 1. The van der Waals surface area contributed by atoms with E-state index in [0.29, 0.717) is 15.1 Å². The van der Waals surface area contributed by atoms with Gasteiger partial charge in [-0.2, -0.15) is 0 Å². The Morgan fingerprint density at radius 3 is 1.90 bits per heavy atom. The van der Waals surface area contributed by atoms with E-state index in [-0.39, 0.29) is 10.9 Å². The summed E-state index contributed by atoms with van der Waals surface area (Å²) in [7, 11) is 1.65. The van der Waals surface area contributed by atoms with Crippen LogP contribution in [0.4, 0.5) is 0 Å². The van der Waals surface area contributed by atoms with Crippen molar-refractivity contribution in [3.63, 3.8) is 0 Å². The first-order valence-corrected chi connectivity index (χ1v) is 7.65. The van der Waals surface area contributed by atoms with Crippen LogP contribution < -0.4 is 0 Å². The van der Waals surface area contributed by atoms with Gasteiger partial charge < -0.3 is 4.74 Å². The highest BCUT2D eigenvalue weighted by atomic mass is 35.5. The first-order valence-electron chi connectivity index (χ1n) is 6.14. The van der Waals surface area contributed by atoms with E-state index >= 15 is 0 Å². The van der Waals surface area contributed by atoms with E-state index in [1.165, 1.54) is 11.1 Å². The van der Waals surface area contributed by atoms with Crippen LogP contribution in [0.25, 0.3) is 0 Å². The minimum atomic E-state index is -0.715. The summed E-state index contributed by atoms with van der Waals surface area (Å²) in [6.45, 7) is 4.12. The summed E-state index contributed by atoms with van der Waals surface area (Å²) in [5, 5.41) is 1.45. The third-order valence-electron chi connectivity index (χ3n) is 4.12. The van der Waals surface area contributed by atoms with E-state index in [4.69, 9.17) is 51.1 Å². The first-order chi connectivity index (χ1) is 9.34. The van der Waals surface area contributed by atoms with E-state index in [1.54, 1.807) is 7.11 Å². The van der Waals surface area contributed by atoms with Gasteiger partial charge in [0, 0.05) is 18.6 Å². The van der Waals surface area contributed by atoms with Gasteiger partial charge in [-0.15, -0.1) is 0 Å². The van der Waals surface area contributed by atoms with Crippen LogP contribution in [0.1, 0.15) is 30.9 Å². The molecule has 106 valence electrons. The van der Waals surface area contributed by atoms with Crippen LogP contribution in [0.5, 0.6) is 0 Å². The normalized spacial score (nSPS) is 27.2. The molecule has 3 aliphatic rings. The summed E-state index contributed by atoms with van der Waals surface area (Å²) < 4.78 is 5.77. The molecule has 0 atom stereocenters. The summed E-state index contributed by atoms with van der Waals surface area (Å²) in [5.41, 5.74) is 3.36. The van der Waals surface area contributed by atoms with Gasteiger partial charge in [0.05, 0.1) is 20.1 Å². The summed E-state index contributed by atoms with van der Waals surface area (Å²) in [6.07, 6.45) is 4.14. The van der Waals surface area contributed by atoms with Gasteiger partial charge in [-0.25, -0.2) is 0 Å². The van der Waals surface area contributed by atoms with E-state index in [1.807, 2.05) is 0 Å². The minimum absolute atomic E-state index is 0.0850. The van der Waals surface area contributed by atoms with Crippen LogP contribution >= 0.6 is 46.4 Å². The first kappa shape index (κ1) is 14.7. The van der Waals surface area contributed by atoms with Gasteiger partial charge in [0.25, 0.3) is 0 Å². The van der Waals surface area contributed by atoms with Crippen molar-refractivity contribution in [1.29, 1.82) is 0 Å². The topological polar surface area (TPSA) is 9.23 Å². The molecule has 5 heteroatoms. The highest BCUT2D eigenvalue weighted by molar-refractivity contribution is 6.52. The molecule has 0 heterocycles. The number of hydrogen-bond acceptors (Lipinski definition) is 1. The molecule has 0 fully saturated rings. The van der Waals surface area contributed by atoms with Crippen LogP contribution in [0, 0.1) is 0 Å². The standard InChI is InChI=1S/C15H12Cl4O/c1-6-4-15(20-3)5-7(2)8(6)9-10(15)12(17)14(19)13(18)11(9)16/h4-5,8H,1-3H3. The number of allylic oxidation sites excluding steroid dienone is 2. The molecule has 0 unspecified atom stereocenters. The maximum Gasteiger partial charge on any atom is 0.131 e.